The fraction of sp³-hybridized carbons (Fsp3) is 0.100. The zero-order valence-electron chi connectivity index (χ0n) is 14.8. The van der Waals surface area contributed by atoms with Crippen LogP contribution in [0.2, 0.25) is 0 Å². The van der Waals surface area contributed by atoms with Crippen LogP contribution in [0.5, 0.6) is 5.88 Å². The largest absolute Gasteiger partial charge is 0.467 e. The fourth-order valence-corrected chi connectivity index (χ4v) is 2.54. The van der Waals surface area contributed by atoms with Gasteiger partial charge in [0, 0.05) is 22.9 Å². The van der Waals surface area contributed by atoms with Gasteiger partial charge in [-0.25, -0.2) is 13.8 Å². The van der Waals surface area contributed by atoms with Crippen LogP contribution in [-0.2, 0) is 6.61 Å². The van der Waals surface area contributed by atoms with E-state index in [0.717, 1.165) is 0 Å². The molecule has 0 saturated heterocycles. The van der Waals surface area contributed by atoms with E-state index in [1.54, 1.807) is 37.3 Å². The smallest absolute Gasteiger partial charge is 0.264 e. The molecule has 6 nitrogen and oxygen atoms in total. The summed E-state index contributed by atoms with van der Waals surface area (Å²) in [5.41, 5.74) is 1.86. The molecule has 0 atom stereocenters. The van der Waals surface area contributed by atoms with Crippen LogP contribution >= 0.6 is 0 Å². The van der Waals surface area contributed by atoms with E-state index in [4.69, 9.17) is 9.26 Å². The number of hydrogen-bond donors (Lipinski definition) is 0. The molecule has 0 saturated carbocycles. The van der Waals surface area contributed by atoms with Crippen LogP contribution in [-0.4, -0.2) is 20.1 Å². The van der Waals surface area contributed by atoms with Gasteiger partial charge in [0.15, 0.2) is 12.4 Å². The Morgan fingerprint density at radius 3 is 2.46 bits per heavy atom. The Bertz CT molecular complexity index is 1110. The molecule has 2 aromatic carbocycles. The van der Waals surface area contributed by atoms with Crippen LogP contribution in [0, 0.1) is 18.6 Å². The number of halogens is 2. The third-order valence-corrected chi connectivity index (χ3v) is 3.83. The second-order valence-electron chi connectivity index (χ2n) is 5.99. The summed E-state index contributed by atoms with van der Waals surface area (Å²) >= 11 is 0. The first-order valence-electron chi connectivity index (χ1n) is 8.40. The van der Waals surface area contributed by atoms with Crippen LogP contribution in [0.4, 0.5) is 8.78 Å². The van der Waals surface area contributed by atoms with Gasteiger partial charge in [0.1, 0.15) is 11.6 Å². The molecular formula is C20H14F2N4O2. The standard InChI is InChI=1S/C20H14F2N4O2/c1-12-9-17(24-19(23-12)13-5-7-15(21)8-6-13)27-11-18-25-20(26-28-18)14-3-2-4-16(22)10-14/h2-10H,11H2,1H3. The van der Waals surface area contributed by atoms with E-state index in [2.05, 4.69) is 20.1 Å². The Balaban J connectivity index is 1.50. The van der Waals surface area contributed by atoms with Gasteiger partial charge in [-0.15, -0.1) is 0 Å². The van der Waals surface area contributed by atoms with Crippen molar-refractivity contribution in [1.29, 1.82) is 0 Å². The first kappa shape index (κ1) is 17.7. The third kappa shape index (κ3) is 4.01. The molecule has 0 bridgehead atoms. The molecule has 2 heterocycles. The Labute approximate surface area is 158 Å². The monoisotopic (exact) mass is 380 g/mol. The Morgan fingerprint density at radius 2 is 1.68 bits per heavy atom. The van der Waals surface area contributed by atoms with E-state index in [-0.39, 0.29) is 30.0 Å². The van der Waals surface area contributed by atoms with Crippen molar-refractivity contribution in [2.24, 2.45) is 0 Å². The first-order chi connectivity index (χ1) is 13.6. The van der Waals surface area contributed by atoms with Crippen molar-refractivity contribution in [3.63, 3.8) is 0 Å². The summed E-state index contributed by atoms with van der Waals surface area (Å²) < 4.78 is 37.2. The fourth-order valence-electron chi connectivity index (χ4n) is 2.54. The lowest BCUT2D eigenvalue weighted by atomic mass is 10.2. The van der Waals surface area contributed by atoms with E-state index >= 15 is 0 Å². The molecular weight excluding hydrogens is 366 g/mol. The highest BCUT2D eigenvalue weighted by Crippen LogP contribution is 2.21. The van der Waals surface area contributed by atoms with Crippen LogP contribution in [0.15, 0.2) is 59.1 Å². The molecule has 140 valence electrons. The summed E-state index contributed by atoms with van der Waals surface area (Å²) in [7, 11) is 0. The average molecular weight is 380 g/mol. The Hall–Kier alpha value is -3.68. The molecule has 0 fully saturated rings. The highest BCUT2D eigenvalue weighted by molar-refractivity contribution is 5.55. The van der Waals surface area contributed by atoms with E-state index in [9.17, 15) is 8.78 Å². The maximum atomic E-state index is 13.3. The maximum Gasteiger partial charge on any atom is 0.264 e. The molecule has 0 aliphatic carbocycles. The molecule has 0 unspecified atom stereocenters. The average Bonchev–Trinajstić information content (AvgIpc) is 3.16. The highest BCUT2D eigenvalue weighted by Gasteiger charge is 2.12. The summed E-state index contributed by atoms with van der Waals surface area (Å²) in [5.74, 6) is 0.504. The van der Waals surface area contributed by atoms with E-state index < -0.39 is 0 Å². The molecule has 28 heavy (non-hydrogen) atoms. The van der Waals surface area contributed by atoms with Crippen molar-refractivity contribution in [1.82, 2.24) is 20.1 Å². The summed E-state index contributed by atoms with van der Waals surface area (Å²) in [5, 5.41) is 3.83. The molecule has 8 heteroatoms. The van der Waals surface area contributed by atoms with Gasteiger partial charge in [-0.2, -0.15) is 9.97 Å². The van der Waals surface area contributed by atoms with Crippen LogP contribution in [0.1, 0.15) is 11.6 Å². The van der Waals surface area contributed by atoms with Crippen molar-refractivity contribution in [2.45, 2.75) is 13.5 Å². The number of aromatic nitrogens is 4. The molecule has 0 aliphatic heterocycles. The SMILES string of the molecule is Cc1cc(OCc2nc(-c3cccc(F)c3)no2)nc(-c2ccc(F)cc2)n1. The molecule has 0 spiro atoms. The normalized spacial score (nSPS) is 10.8. The molecule has 4 rings (SSSR count). The minimum absolute atomic E-state index is 0.0123. The summed E-state index contributed by atoms with van der Waals surface area (Å²) in [6.45, 7) is 1.79. The van der Waals surface area contributed by atoms with Crippen LogP contribution < -0.4 is 4.74 Å². The molecule has 0 radical (unpaired) electrons. The predicted octanol–water partition coefficient (Wildman–Crippen LogP) is 4.36. The molecule has 0 aliphatic rings. The summed E-state index contributed by atoms with van der Waals surface area (Å²) in [6, 6.07) is 13.4. The quantitative estimate of drug-likeness (QED) is 0.512. The lowest BCUT2D eigenvalue weighted by Gasteiger charge is -2.06. The van der Waals surface area contributed by atoms with Crippen LogP contribution in [0.25, 0.3) is 22.8 Å². The van der Waals surface area contributed by atoms with Crippen molar-refractivity contribution in [3.8, 4) is 28.7 Å². The van der Waals surface area contributed by atoms with Gasteiger partial charge >= 0.3 is 0 Å². The van der Waals surface area contributed by atoms with Gasteiger partial charge in [0.25, 0.3) is 5.89 Å². The topological polar surface area (TPSA) is 73.9 Å². The van der Waals surface area contributed by atoms with E-state index in [1.807, 2.05) is 0 Å². The second-order valence-corrected chi connectivity index (χ2v) is 5.99. The molecule has 2 aromatic heterocycles. The van der Waals surface area contributed by atoms with Crippen molar-refractivity contribution < 1.29 is 18.0 Å². The third-order valence-electron chi connectivity index (χ3n) is 3.83. The minimum atomic E-state index is -0.384. The first-order valence-corrected chi connectivity index (χ1v) is 8.40. The number of benzene rings is 2. The van der Waals surface area contributed by atoms with Gasteiger partial charge in [-0.3, -0.25) is 0 Å². The molecule has 0 N–H and O–H groups in total. The maximum absolute atomic E-state index is 13.3. The second kappa shape index (κ2) is 7.51. The van der Waals surface area contributed by atoms with E-state index in [1.165, 1.54) is 24.3 Å². The van der Waals surface area contributed by atoms with Crippen molar-refractivity contribution >= 4 is 0 Å². The van der Waals surface area contributed by atoms with Crippen molar-refractivity contribution in [3.05, 3.63) is 77.8 Å². The number of hydrogen-bond acceptors (Lipinski definition) is 6. The lowest BCUT2D eigenvalue weighted by Crippen LogP contribution is -2.01. The zero-order chi connectivity index (χ0) is 19.5. The van der Waals surface area contributed by atoms with Crippen LogP contribution in [0.3, 0.4) is 0 Å². The van der Waals surface area contributed by atoms with Gasteiger partial charge in [0.2, 0.25) is 11.7 Å². The summed E-state index contributed by atoms with van der Waals surface area (Å²) in [4.78, 5) is 12.9. The van der Waals surface area contributed by atoms with Gasteiger partial charge in [-0.1, -0.05) is 17.3 Å². The van der Waals surface area contributed by atoms with Gasteiger partial charge < -0.3 is 9.26 Å². The van der Waals surface area contributed by atoms with Gasteiger partial charge in [0.05, 0.1) is 0 Å². The molecule has 4 aromatic rings. The minimum Gasteiger partial charge on any atom is -0.467 e. The predicted molar refractivity (Wildman–Crippen MR) is 96.2 cm³/mol. The lowest BCUT2D eigenvalue weighted by molar-refractivity contribution is 0.235. The number of rotatable bonds is 5. The Morgan fingerprint density at radius 1 is 0.857 bits per heavy atom. The van der Waals surface area contributed by atoms with Crippen molar-refractivity contribution in [2.75, 3.05) is 0 Å². The highest BCUT2D eigenvalue weighted by atomic mass is 19.1. The Kier molecular flexibility index (Phi) is 4.76. The summed E-state index contributed by atoms with van der Waals surface area (Å²) in [6.07, 6.45) is 0. The number of nitrogens with zero attached hydrogens (tertiary/aromatic N) is 4. The number of aryl methyl sites for hydroxylation is 1. The zero-order valence-corrected chi connectivity index (χ0v) is 14.8. The molecule has 0 amide bonds. The number of ether oxygens (including phenoxy) is 1. The van der Waals surface area contributed by atoms with E-state index in [0.29, 0.717) is 28.5 Å². The van der Waals surface area contributed by atoms with Gasteiger partial charge in [-0.05, 0) is 43.3 Å².